The minimum Gasteiger partial charge on any atom is -0.483 e. The summed E-state index contributed by atoms with van der Waals surface area (Å²) in [4.78, 5) is 31.1. The van der Waals surface area contributed by atoms with Gasteiger partial charge in [-0.3, -0.25) is 14.5 Å². The van der Waals surface area contributed by atoms with Crippen molar-refractivity contribution >= 4 is 18.4 Å². The number of nitrogens with one attached hydrogen (secondary N) is 1. The highest BCUT2D eigenvalue weighted by Gasteiger charge is 2.49. The molecule has 0 saturated carbocycles. The lowest BCUT2D eigenvalue weighted by molar-refractivity contribution is -0.163. The van der Waals surface area contributed by atoms with E-state index in [0.717, 1.165) is 18.5 Å². The van der Waals surface area contributed by atoms with Gasteiger partial charge in [0.15, 0.2) is 0 Å². The maximum absolute atomic E-state index is 13.6. The number of carboxylic acids is 1. The molecule has 2 atom stereocenters. The zero-order chi connectivity index (χ0) is 23.6. The second kappa shape index (κ2) is 12.1. The van der Waals surface area contributed by atoms with Crippen LogP contribution < -0.4 is 5.32 Å². The van der Waals surface area contributed by atoms with E-state index >= 15 is 0 Å². The fourth-order valence-corrected chi connectivity index (χ4v) is 3.79. The SMILES string of the molecule is CCCNc1ncc(CN2CC[C@@H](O)[C@](Cc3cccc(F)c3)(C(=O)O)C2)cn1.O=CO. The number of carboxylic acid groups (broad SMARTS) is 2. The first-order valence-corrected chi connectivity index (χ1v) is 10.4. The van der Waals surface area contributed by atoms with Crippen LogP contribution in [0.1, 0.15) is 30.9 Å². The van der Waals surface area contributed by atoms with Crippen molar-refractivity contribution in [1.82, 2.24) is 14.9 Å². The molecule has 32 heavy (non-hydrogen) atoms. The summed E-state index contributed by atoms with van der Waals surface area (Å²) >= 11 is 0. The molecule has 0 amide bonds. The number of aliphatic carboxylic acids is 1. The highest BCUT2D eigenvalue weighted by Crippen LogP contribution is 2.35. The number of hydrogen-bond acceptors (Lipinski definition) is 7. The van der Waals surface area contributed by atoms with E-state index < -0.39 is 23.3 Å². The smallest absolute Gasteiger partial charge is 0.313 e. The second-order valence-corrected chi connectivity index (χ2v) is 7.73. The van der Waals surface area contributed by atoms with Gasteiger partial charge in [-0.1, -0.05) is 19.1 Å². The normalized spacial score (nSPS) is 20.7. The van der Waals surface area contributed by atoms with Crippen molar-refractivity contribution in [2.75, 3.05) is 25.0 Å². The maximum atomic E-state index is 13.6. The number of nitrogens with zero attached hydrogens (tertiary/aromatic N) is 3. The van der Waals surface area contributed by atoms with Crippen molar-refractivity contribution in [2.45, 2.75) is 38.8 Å². The zero-order valence-corrected chi connectivity index (χ0v) is 17.9. The number of aromatic nitrogens is 2. The molecule has 0 bridgehead atoms. The predicted octanol–water partition coefficient (Wildman–Crippen LogP) is 2.02. The Bertz CT molecular complexity index is 883. The summed E-state index contributed by atoms with van der Waals surface area (Å²) in [6.45, 7) is 3.82. The van der Waals surface area contributed by atoms with Gasteiger partial charge in [0.25, 0.3) is 6.47 Å². The van der Waals surface area contributed by atoms with Gasteiger partial charge < -0.3 is 20.6 Å². The van der Waals surface area contributed by atoms with Crippen LogP contribution in [-0.2, 0) is 22.6 Å². The molecule has 174 valence electrons. The van der Waals surface area contributed by atoms with Gasteiger partial charge in [0, 0.05) is 44.1 Å². The number of aliphatic hydroxyl groups is 1. The van der Waals surface area contributed by atoms with Gasteiger partial charge >= 0.3 is 5.97 Å². The first kappa shape index (κ1) is 25.2. The summed E-state index contributed by atoms with van der Waals surface area (Å²) < 4.78 is 13.6. The average molecular weight is 448 g/mol. The van der Waals surface area contributed by atoms with Crippen LogP contribution >= 0.6 is 0 Å². The fraction of sp³-hybridized carbons (Fsp3) is 0.455. The molecular formula is C22H29FN4O5. The second-order valence-electron chi connectivity index (χ2n) is 7.73. The molecule has 0 unspecified atom stereocenters. The van der Waals surface area contributed by atoms with E-state index in [-0.39, 0.29) is 19.4 Å². The molecule has 0 spiro atoms. The summed E-state index contributed by atoms with van der Waals surface area (Å²) in [5.74, 6) is -0.927. The molecule has 9 nitrogen and oxygen atoms in total. The van der Waals surface area contributed by atoms with Gasteiger partial charge in [-0.05, 0) is 37.0 Å². The molecular weight excluding hydrogens is 419 g/mol. The lowest BCUT2D eigenvalue weighted by Crippen LogP contribution is -2.56. The summed E-state index contributed by atoms with van der Waals surface area (Å²) in [6, 6.07) is 5.89. The standard InChI is InChI=1S/C21H27FN4O3.CH2O2/c1-2-7-23-20-24-11-16(12-25-20)13-26-8-6-18(27)21(14-26,19(28)29)10-15-4-3-5-17(22)9-15;2-1-3/h3-5,9,11-12,18,27H,2,6-8,10,13-14H2,1H3,(H,28,29)(H,23,24,25);1H,(H,2,3)/t18-,21-;/m1./s1. The predicted molar refractivity (Wildman–Crippen MR) is 116 cm³/mol. The van der Waals surface area contributed by atoms with Crippen molar-refractivity contribution in [3.63, 3.8) is 0 Å². The molecule has 1 aliphatic rings. The van der Waals surface area contributed by atoms with Gasteiger partial charge in [0.1, 0.15) is 11.2 Å². The summed E-state index contributed by atoms with van der Waals surface area (Å²) in [5, 5.41) is 30.6. The van der Waals surface area contributed by atoms with Crippen molar-refractivity contribution < 1.29 is 29.3 Å². The van der Waals surface area contributed by atoms with Crippen LogP contribution in [0.25, 0.3) is 0 Å². The monoisotopic (exact) mass is 448 g/mol. The van der Waals surface area contributed by atoms with E-state index in [1.807, 2.05) is 4.90 Å². The number of aliphatic hydroxyl groups excluding tert-OH is 1. The van der Waals surface area contributed by atoms with E-state index in [2.05, 4.69) is 22.2 Å². The third-order valence-corrected chi connectivity index (χ3v) is 5.34. The molecule has 0 radical (unpaired) electrons. The number of likely N-dealkylation sites (tertiary alicyclic amines) is 1. The van der Waals surface area contributed by atoms with Crippen LogP contribution in [0.3, 0.4) is 0 Å². The minimum atomic E-state index is -1.39. The summed E-state index contributed by atoms with van der Waals surface area (Å²) in [5.41, 5.74) is 0.0340. The number of hydrogen-bond donors (Lipinski definition) is 4. The third-order valence-electron chi connectivity index (χ3n) is 5.34. The molecule has 1 fully saturated rings. The van der Waals surface area contributed by atoms with E-state index in [1.54, 1.807) is 24.5 Å². The molecule has 2 aromatic rings. The minimum absolute atomic E-state index is 0.0636. The molecule has 4 N–H and O–H groups in total. The number of anilines is 1. The number of halogens is 1. The number of carbonyl (C=O) groups is 2. The lowest BCUT2D eigenvalue weighted by Gasteiger charge is -2.43. The van der Waals surface area contributed by atoms with Crippen LogP contribution in [0.4, 0.5) is 10.3 Å². The molecule has 3 rings (SSSR count). The Labute approximate surface area is 185 Å². The Balaban J connectivity index is 0.00000114. The van der Waals surface area contributed by atoms with Gasteiger partial charge in [0.05, 0.1) is 6.10 Å². The highest BCUT2D eigenvalue weighted by atomic mass is 19.1. The quantitative estimate of drug-likeness (QED) is 0.447. The van der Waals surface area contributed by atoms with Crippen LogP contribution in [0.15, 0.2) is 36.7 Å². The highest BCUT2D eigenvalue weighted by molar-refractivity contribution is 5.76. The van der Waals surface area contributed by atoms with Gasteiger partial charge in [-0.25, -0.2) is 14.4 Å². The van der Waals surface area contributed by atoms with Crippen LogP contribution in [0, 0.1) is 11.2 Å². The molecule has 1 aromatic heterocycles. The van der Waals surface area contributed by atoms with E-state index in [1.165, 1.54) is 12.1 Å². The molecule has 2 heterocycles. The Morgan fingerprint density at radius 1 is 1.34 bits per heavy atom. The first-order chi connectivity index (χ1) is 15.3. The topological polar surface area (TPSA) is 136 Å². The largest absolute Gasteiger partial charge is 0.483 e. The molecule has 1 aromatic carbocycles. The van der Waals surface area contributed by atoms with Gasteiger partial charge in [0.2, 0.25) is 5.95 Å². The van der Waals surface area contributed by atoms with E-state index in [9.17, 15) is 19.4 Å². The Hall–Kier alpha value is -3.11. The van der Waals surface area contributed by atoms with Crippen LogP contribution in [-0.4, -0.2) is 68.4 Å². The Morgan fingerprint density at radius 3 is 2.62 bits per heavy atom. The summed E-state index contributed by atoms with van der Waals surface area (Å²) in [6.07, 6.45) is 3.82. The van der Waals surface area contributed by atoms with E-state index in [4.69, 9.17) is 9.90 Å². The fourth-order valence-electron chi connectivity index (χ4n) is 3.79. The zero-order valence-electron chi connectivity index (χ0n) is 17.9. The van der Waals surface area contributed by atoms with Crippen molar-refractivity contribution in [3.8, 4) is 0 Å². The number of piperidine rings is 1. The molecule has 1 saturated heterocycles. The average Bonchev–Trinajstić information content (AvgIpc) is 2.76. The number of rotatable bonds is 8. The molecule has 10 heteroatoms. The molecule has 0 aliphatic carbocycles. The van der Waals surface area contributed by atoms with Crippen LogP contribution in [0.5, 0.6) is 0 Å². The number of benzene rings is 1. The van der Waals surface area contributed by atoms with E-state index in [0.29, 0.717) is 31.0 Å². The van der Waals surface area contributed by atoms with Gasteiger partial charge in [-0.2, -0.15) is 0 Å². The van der Waals surface area contributed by atoms with Crippen molar-refractivity contribution in [2.24, 2.45) is 5.41 Å². The summed E-state index contributed by atoms with van der Waals surface area (Å²) in [7, 11) is 0. The Morgan fingerprint density at radius 2 is 2.03 bits per heavy atom. The Kier molecular flexibility index (Phi) is 9.48. The van der Waals surface area contributed by atoms with Gasteiger partial charge in [-0.15, -0.1) is 0 Å². The van der Waals surface area contributed by atoms with Crippen molar-refractivity contribution in [3.05, 3.63) is 53.6 Å². The first-order valence-electron chi connectivity index (χ1n) is 10.4. The third kappa shape index (κ3) is 6.69. The molecule has 1 aliphatic heterocycles. The maximum Gasteiger partial charge on any atom is 0.313 e. The lowest BCUT2D eigenvalue weighted by atomic mass is 9.72. The van der Waals surface area contributed by atoms with Crippen molar-refractivity contribution in [1.29, 1.82) is 0 Å². The van der Waals surface area contributed by atoms with Crippen LogP contribution in [0.2, 0.25) is 0 Å².